The van der Waals surface area contributed by atoms with Gasteiger partial charge in [0, 0.05) is 6.42 Å². The standard InChI is InChI=1S/C16H22N2O4/c1-11-12(9-17)13(19)16(7-5-6-8-21-16)10-18(11)14(20)22-15(2,3)4/h5-6,11-12H,7-8,10H2,1-4H3/t11-,12?,16?/m0/s1. The van der Waals surface area contributed by atoms with E-state index in [1.165, 1.54) is 4.90 Å². The molecular weight excluding hydrogens is 284 g/mol. The van der Waals surface area contributed by atoms with Crippen molar-refractivity contribution in [3.05, 3.63) is 12.2 Å². The first kappa shape index (κ1) is 16.5. The number of likely N-dealkylation sites (tertiary alicyclic amines) is 1. The van der Waals surface area contributed by atoms with Gasteiger partial charge in [0.2, 0.25) is 0 Å². The number of ether oxygens (including phenoxy) is 2. The van der Waals surface area contributed by atoms with Crippen LogP contribution in [0.25, 0.3) is 0 Å². The maximum absolute atomic E-state index is 12.6. The molecule has 0 saturated carbocycles. The van der Waals surface area contributed by atoms with Crippen molar-refractivity contribution in [2.45, 2.75) is 51.4 Å². The third-order valence-electron chi connectivity index (χ3n) is 3.97. The Hall–Kier alpha value is -1.87. The van der Waals surface area contributed by atoms with Crippen LogP contribution >= 0.6 is 0 Å². The predicted octanol–water partition coefficient (Wildman–Crippen LogP) is 2.05. The van der Waals surface area contributed by atoms with E-state index in [1.54, 1.807) is 27.7 Å². The molecule has 6 heteroatoms. The number of Topliss-reactive ketones (excluding diaryl/α,β-unsaturated/α-hetero) is 1. The van der Waals surface area contributed by atoms with Gasteiger partial charge in [-0.1, -0.05) is 12.2 Å². The van der Waals surface area contributed by atoms with E-state index in [9.17, 15) is 14.9 Å². The average molecular weight is 306 g/mol. The van der Waals surface area contributed by atoms with Crippen LogP contribution in [0.5, 0.6) is 0 Å². The Bertz CT molecular complexity index is 543. The largest absolute Gasteiger partial charge is 0.444 e. The second-order valence-electron chi connectivity index (χ2n) is 6.80. The van der Waals surface area contributed by atoms with Gasteiger partial charge < -0.3 is 14.4 Å². The van der Waals surface area contributed by atoms with Crippen LogP contribution in [0.15, 0.2) is 12.2 Å². The van der Waals surface area contributed by atoms with E-state index in [2.05, 4.69) is 0 Å². The highest BCUT2D eigenvalue weighted by Gasteiger charge is 2.53. The third kappa shape index (κ3) is 3.00. The number of amides is 1. The Labute approximate surface area is 130 Å². The van der Waals surface area contributed by atoms with Gasteiger partial charge in [-0.05, 0) is 27.7 Å². The second kappa shape index (κ2) is 5.73. The first-order valence-corrected chi connectivity index (χ1v) is 7.43. The van der Waals surface area contributed by atoms with Gasteiger partial charge >= 0.3 is 6.09 Å². The molecule has 1 saturated heterocycles. The van der Waals surface area contributed by atoms with Crippen LogP contribution in [0, 0.1) is 17.2 Å². The second-order valence-corrected chi connectivity index (χ2v) is 6.80. The smallest absolute Gasteiger partial charge is 0.410 e. The minimum absolute atomic E-state index is 0.116. The lowest BCUT2D eigenvalue weighted by Crippen LogP contribution is -2.65. The number of piperidine rings is 1. The predicted molar refractivity (Wildman–Crippen MR) is 79.0 cm³/mol. The molecule has 0 aromatic heterocycles. The zero-order valence-corrected chi connectivity index (χ0v) is 13.5. The molecule has 0 aromatic carbocycles. The highest BCUT2D eigenvalue weighted by atomic mass is 16.6. The summed E-state index contributed by atoms with van der Waals surface area (Å²) < 4.78 is 11.1. The summed E-state index contributed by atoms with van der Waals surface area (Å²) in [4.78, 5) is 26.5. The number of rotatable bonds is 0. The summed E-state index contributed by atoms with van der Waals surface area (Å²) in [5.41, 5.74) is -1.76. The Morgan fingerprint density at radius 1 is 1.50 bits per heavy atom. The Kier molecular flexibility index (Phi) is 4.30. The molecule has 1 amide bonds. The van der Waals surface area contributed by atoms with Gasteiger partial charge in [-0.2, -0.15) is 5.26 Å². The Morgan fingerprint density at radius 2 is 2.18 bits per heavy atom. The van der Waals surface area contributed by atoms with Gasteiger partial charge in [-0.25, -0.2) is 4.79 Å². The van der Waals surface area contributed by atoms with Crippen LogP contribution < -0.4 is 0 Å². The number of nitriles is 1. The quantitative estimate of drug-likeness (QED) is 0.640. The van der Waals surface area contributed by atoms with Crippen LogP contribution in [0.1, 0.15) is 34.1 Å². The molecule has 2 aliphatic heterocycles. The normalized spacial score (nSPS) is 32.0. The van der Waals surface area contributed by atoms with Crippen molar-refractivity contribution in [2.75, 3.05) is 13.2 Å². The monoisotopic (exact) mass is 306 g/mol. The minimum Gasteiger partial charge on any atom is -0.444 e. The highest BCUT2D eigenvalue weighted by Crippen LogP contribution is 2.35. The van der Waals surface area contributed by atoms with Crippen LogP contribution in [-0.2, 0) is 14.3 Å². The third-order valence-corrected chi connectivity index (χ3v) is 3.97. The van der Waals surface area contributed by atoms with Crippen molar-refractivity contribution in [3.8, 4) is 6.07 Å². The van der Waals surface area contributed by atoms with E-state index >= 15 is 0 Å². The minimum atomic E-state index is -1.13. The van der Waals surface area contributed by atoms with Crippen molar-refractivity contribution >= 4 is 11.9 Å². The summed E-state index contributed by atoms with van der Waals surface area (Å²) >= 11 is 0. The van der Waals surface area contributed by atoms with Crippen LogP contribution in [0.2, 0.25) is 0 Å². The fraction of sp³-hybridized carbons (Fsp3) is 0.688. The van der Waals surface area contributed by atoms with Crippen molar-refractivity contribution in [1.29, 1.82) is 5.26 Å². The van der Waals surface area contributed by atoms with E-state index in [-0.39, 0.29) is 12.3 Å². The first-order chi connectivity index (χ1) is 10.2. The first-order valence-electron chi connectivity index (χ1n) is 7.43. The van der Waals surface area contributed by atoms with Gasteiger partial charge in [0.05, 0.1) is 25.3 Å². The van der Waals surface area contributed by atoms with Crippen LogP contribution in [0.3, 0.4) is 0 Å². The lowest BCUT2D eigenvalue weighted by atomic mass is 9.77. The summed E-state index contributed by atoms with van der Waals surface area (Å²) in [7, 11) is 0. The lowest BCUT2D eigenvalue weighted by Gasteiger charge is -2.46. The molecule has 2 aliphatic rings. The summed E-state index contributed by atoms with van der Waals surface area (Å²) in [6.07, 6.45) is 3.54. The van der Waals surface area contributed by atoms with Crippen LogP contribution in [-0.4, -0.2) is 47.2 Å². The SMILES string of the molecule is C[C@H]1C(C#N)C(=O)C2(CC=CCO2)CN1C(=O)OC(C)(C)C. The molecule has 2 heterocycles. The molecule has 22 heavy (non-hydrogen) atoms. The summed E-state index contributed by atoms with van der Waals surface area (Å²) in [5, 5.41) is 9.35. The van der Waals surface area contributed by atoms with Crippen LogP contribution in [0.4, 0.5) is 4.79 Å². The molecular formula is C16H22N2O4. The van der Waals surface area contributed by atoms with Gasteiger partial charge in [0.1, 0.15) is 17.1 Å². The molecule has 2 unspecified atom stereocenters. The highest BCUT2D eigenvalue weighted by molar-refractivity contribution is 5.94. The van der Waals surface area contributed by atoms with Gasteiger partial charge in [-0.15, -0.1) is 0 Å². The lowest BCUT2D eigenvalue weighted by molar-refractivity contribution is -0.159. The van der Waals surface area contributed by atoms with Crippen molar-refractivity contribution in [1.82, 2.24) is 4.90 Å². The molecule has 0 radical (unpaired) electrons. The number of carbonyl (C=O) groups excluding carboxylic acids is 2. The maximum Gasteiger partial charge on any atom is 0.410 e. The number of hydrogen-bond acceptors (Lipinski definition) is 5. The van der Waals surface area contributed by atoms with E-state index in [4.69, 9.17) is 9.47 Å². The molecule has 120 valence electrons. The van der Waals surface area contributed by atoms with E-state index in [0.29, 0.717) is 13.0 Å². The van der Waals surface area contributed by atoms with Crippen molar-refractivity contribution in [3.63, 3.8) is 0 Å². The van der Waals surface area contributed by atoms with Crippen molar-refractivity contribution < 1.29 is 19.1 Å². The Balaban J connectivity index is 2.30. The molecule has 0 aromatic rings. The summed E-state index contributed by atoms with van der Waals surface area (Å²) in [6, 6.07) is 1.48. The fourth-order valence-corrected chi connectivity index (χ4v) is 2.79. The topological polar surface area (TPSA) is 79.6 Å². The molecule has 6 nitrogen and oxygen atoms in total. The molecule has 1 fully saturated rings. The molecule has 1 spiro atoms. The number of hydrogen-bond donors (Lipinski definition) is 0. The maximum atomic E-state index is 12.6. The van der Waals surface area contributed by atoms with Gasteiger partial charge in [0.15, 0.2) is 5.78 Å². The zero-order valence-electron chi connectivity index (χ0n) is 13.5. The fourth-order valence-electron chi connectivity index (χ4n) is 2.79. The number of ketones is 1. The van der Waals surface area contributed by atoms with E-state index in [0.717, 1.165) is 0 Å². The molecule has 3 atom stereocenters. The molecule has 0 aliphatic carbocycles. The molecule has 0 N–H and O–H groups in total. The van der Waals surface area contributed by atoms with Crippen molar-refractivity contribution in [2.24, 2.45) is 5.92 Å². The number of nitrogens with zero attached hydrogens (tertiary/aromatic N) is 2. The zero-order chi connectivity index (χ0) is 16.5. The molecule has 0 bridgehead atoms. The Morgan fingerprint density at radius 3 is 2.68 bits per heavy atom. The average Bonchev–Trinajstić information content (AvgIpc) is 2.43. The summed E-state index contributed by atoms with van der Waals surface area (Å²) in [5.74, 6) is -1.15. The van der Waals surface area contributed by atoms with E-state index in [1.807, 2.05) is 18.2 Å². The molecule has 2 rings (SSSR count). The number of carbonyl (C=O) groups is 2. The summed E-state index contributed by atoms with van der Waals surface area (Å²) in [6.45, 7) is 7.46. The van der Waals surface area contributed by atoms with Gasteiger partial charge in [0.25, 0.3) is 0 Å². The van der Waals surface area contributed by atoms with Gasteiger partial charge in [-0.3, -0.25) is 4.79 Å². The van der Waals surface area contributed by atoms with E-state index < -0.39 is 29.3 Å².